The molecule has 0 aliphatic carbocycles. The molecule has 39 heavy (non-hydrogen) atoms. The number of aliphatic hydroxyl groups is 1. The number of rotatable bonds is 6. The number of nitrogens with two attached hydrogens (primary N) is 1. The minimum atomic E-state index is -3.62. The topological polar surface area (TPSA) is 185 Å². The number of pyridine rings is 1. The summed E-state index contributed by atoms with van der Waals surface area (Å²) in [7, 11) is -3.62. The zero-order valence-electron chi connectivity index (χ0n) is 21.7. The first kappa shape index (κ1) is 25.5. The SMILES string of the molecule is CC(C)(O)c1ccc(-c2cc3nc([C@H]4C[C@H]5CC(N)[C@@H](C4)N5c4n[nH]c(C=O)n4)c(S(C)(=O)=O)cn3n2)cn1. The first-order valence-corrected chi connectivity index (χ1v) is 14.5. The predicted molar refractivity (Wildman–Crippen MR) is 141 cm³/mol. The number of anilines is 1. The monoisotopic (exact) mass is 551 g/mol. The Kier molecular flexibility index (Phi) is 5.82. The molecule has 0 saturated carbocycles. The van der Waals surface area contributed by atoms with Gasteiger partial charge in [-0.15, -0.1) is 5.10 Å². The molecule has 2 saturated heterocycles. The number of fused-ring (bicyclic) bond motifs is 3. The van der Waals surface area contributed by atoms with Gasteiger partial charge in [0.05, 0.1) is 23.3 Å². The Balaban J connectivity index is 1.37. The molecular weight excluding hydrogens is 522 g/mol. The summed E-state index contributed by atoms with van der Waals surface area (Å²) in [6.07, 6.45) is 6.82. The molecule has 2 aliphatic rings. The van der Waals surface area contributed by atoms with Crippen LogP contribution in [-0.4, -0.2) is 79.0 Å². The van der Waals surface area contributed by atoms with Crippen LogP contribution in [0, 0.1) is 0 Å². The molecule has 6 heterocycles. The van der Waals surface area contributed by atoms with E-state index in [0.29, 0.717) is 54.2 Å². The number of H-pyrrole nitrogens is 1. The molecule has 13 nitrogen and oxygen atoms in total. The van der Waals surface area contributed by atoms with Gasteiger partial charge in [-0.2, -0.15) is 10.1 Å². The minimum Gasteiger partial charge on any atom is -0.384 e. The molecule has 0 spiro atoms. The molecule has 6 rings (SSSR count). The Morgan fingerprint density at radius 1 is 1.21 bits per heavy atom. The Labute approximate surface area is 224 Å². The molecule has 14 heteroatoms. The molecule has 0 amide bonds. The normalized spacial score (nSPS) is 23.5. The highest BCUT2D eigenvalue weighted by Crippen LogP contribution is 2.45. The van der Waals surface area contributed by atoms with Gasteiger partial charge in [-0.3, -0.25) is 14.9 Å². The Bertz CT molecular complexity index is 1670. The van der Waals surface area contributed by atoms with Gasteiger partial charge in [-0.05, 0) is 45.2 Å². The molecule has 4 aromatic heterocycles. The fourth-order valence-corrected chi connectivity index (χ4v) is 6.67. The van der Waals surface area contributed by atoms with Crippen LogP contribution in [0.2, 0.25) is 0 Å². The number of hydrogen-bond acceptors (Lipinski definition) is 11. The lowest BCUT2D eigenvalue weighted by Gasteiger charge is -2.38. The highest BCUT2D eigenvalue weighted by molar-refractivity contribution is 7.90. The van der Waals surface area contributed by atoms with Crippen molar-refractivity contribution in [3.05, 3.63) is 47.8 Å². The first-order valence-electron chi connectivity index (χ1n) is 12.6. The summed E-state index contributed by atoms with van der Waals surface area (Å²) < 4.78 is 27.3. The van der Waals surface area contributed by atoms with E-state index in [0.717, 1.165) is 5.56 Å². The van der Waals surface area contributed by atoms with E-state index in [1.165, 1.54) is 17.0 Å². The lowest BCUT2D eigenvalue weighted by atomic mass is 9.87. The number of sulfone groups is 1. The van der Waals surface area contributed by atoms with E-state index in [-0.39, 0.29) is 34.8 Å². The number of aromatic nitrogens is 7. The highest BCUT2D eigenvalue weighted by atomic mass is 32.2. The van der Waals surface area contributed by atoms with Gasteiger partial charge < -0.3 is 15.7 Å². The van der Waals surface area contributed by atoms with Gasteiger partial charge in [0.15, 0.2) is 27.6 Å². The maximum Gasteiger partial charge on any atom is 0.245 e. The molecule has 1 unspecified atom stereocenters. The number of hydrogen-bond donors (Lipinski definition) is 3. The van der Waals surface area contributed by atoms with Crippen molar-refractivity contribution in [1.82, 2.24) is 34.8 Å². The molecule has 4 aromatic rings. The summed E-state index contributed by atoms with van der Waals surface area (Å²) in [6.45, 7) is 3.32. The molecule has 204 valence electrons. The van der Waals surface area contributed by atoms with Crippen LogP contribution in [0.25, 0.3) is 16.9 Å². The van der Waals surface area contributed by atoms with Crippen molar-refractivity contribution in [2.45, 2.75) is 67.6 Å². The summed E-state index contributed by atoms with van der Waals surface area (Å²) in [5, 5.41) is 21.6. The van der Waals surface area contributed by atoms with E-state index in [4.69, 9.17) is 10.7 Å². The number of nitrogens with one attached hydrogen (secondary N) is 1. The molecule has 4 N–H and O–H groups in total. The van der Waals surface area contributed by atoms with Crippen LogP contribution in [0.3, 0.4) is 0 Å². The summed E-state index contributed by atoms with van der Waals surface area (Å²) >= 11 is 0. The molecular formula is C25H29N9O4S. The van der Waals surface area contributed by atoms with Crippen molar-refractivity contribution < 1.29 is 18.3 Å². The summed E-state index contributed by atoms with van der Waals surface area (Å²) in [6, 6.07) is 5.04. The van der Waals surface area contributed by atoms with Crippen LogP contribution in [-0.2, 0) is 15.4 Å². The van der Waals surface area contributed by atoms with Gasteiger partial charge >= 0.3 is 0 Å². The molecule has 2 fully saturated rings. The van der Waals surface area contributed by atoms with Crippen LogP contribution < -0.4 is 10.6 Å². The number of nitrogens with zero attached hydrogens (tertiary/aromatic N) is 7. The van der Waals surface area contributed by atoms with Gasteiger partial charge in [-0.1, -0.05) is 0 Å². The Morgan fingerprint density at radius 3 is 2.62 bits per heavy atom. The van der Waals surface area contributed by atoms with Crippen molar-refractivity contribution in [3.63, 3.8) is 0 Å². The van der Waals surface area contributed by atoms with E-state index in [1.54, 1.807) is 32.2 Å². The fourth-order valence-electron chi connectivity index (χ4n) is 5.79. The van der Waals surface area contributed by atoms with E-state index >= 15 is 0 Å². The molecule has 2 bridgehead atoms. The smallest absolute Gasteiger partial charge is 0.245 e. The third kappa shape index (κ3) is 4.47. The minimum absolute atomic E-state index is 0.0228. The van der Waals surface area contributed by atoms with Crippen molar-refractivity contribution >= 4 is 27.7 Å². The second kappa shape index (κ2) is 8.89. The van der Waals surface area contributed by atoms with Gasteiger partial charge in [0.2, 0.25) is 5.95 Å². The van der Waals surface area contributed by atoms with Crippen molar-refractivity contribution in [2.75, 3.05) is 11.2 Å². The lowest BCUT2D eigenvalue weighted by molar-refractivity contribution is 0.0739. The Morgan fingerprint density at radius 2 is 2.00 bits per heavy atom. The first-order chi connectivity index (χ1) is 18.4. The van der Waals surface area contributed by atoms with Crippen LogP contribution in [0.1, 0.15) is 61.0 Å². The van der Waals surface area contributed by atoms with Crippen LogP contribution in [0.5, 0.6) is 0 Å². The highest BCUT2D eigenvalue weighted by Gasteiger charge is 2.48. The number of aldehydes is 1. The van der Waals surface area contributed by atoms with E-state index in [2.05, 4.69) is 25.3 Å². The number of carbonyl (C=O) groups is 1. The molecule has 0 aromatic carbocycles. The maximum atomic E-state index is 12.9. The van der Waals surface area contributed by atoms with Crippen LogP contribution in [0.4, 0.5) is 5.95 Å². The zero-order chi connectivity index (χ0) is 27.7. The second-order valence-corrected chi connectivity index (χ2v) is 12.9. The van der Waals surface area contributed by atoms with Gasteiger partial charge in [0.25, 0.3) is 0 Å². The fraction of sp³-hybridized carbons (Fsp3) is 0.440. The molecule has 2 aliphatic heterocycles. The van der Waals surface area contributed by atoms with E-state index < -0.39 is 15.4 Å². The van der Waals surface area contributed by atoms with Crippen LogP contribution >= 0.6 is 0 Å². The average Bonchev–Trinajstić information content (AvgIpc) is 3.57. The third-order valence-corrected chi connectivity index (χ3v) is 8.73. The summed E-state index contributed by atoms with van der Waals surface area (Å²) in [4.78, 5) is 26.7. The zero-order valence-corrected chi connectivity index (χ0v) is 22.5. The summed E-state index contributed by atoms with van der Waals surface area (Å²) in [5.41, 5.74) is 8.27. The number of carbonyl (C=O) groups excluding carboxylic acids is 1. The van der Waals surface area contributed by atoms with Crippen molar-refractivity contribution in [2.24, 2.45) is 5.73 Å². The van der Waals surface area contributed by atoms with Gasteiger partial charge in [0.1, 0.15) is 10.5 Å². The standard InChI is InChI=1S/C25H29N9O4S/c1-25(2,36)20-5-4-13(10-27-20)17-9-22-29-23(19(39(3,37)38)11-33(22)32-17)14-6-15-8-16(26)18(7-14)34(15)24-28-21(12-35)30-31-24/h4-5,9-12,14-16,18,36H,6-8,26H2,1-3H3,(H,28,30,31)/t14-,15-,16?,18+/m0/s1. The number of piperidine rings is 1. The largest absolute Gasteiger partial charge is 0.384 e. The van der Waals surface area contributed by atoms with Gasteiger partial charge in [-0.25, -0.2) is 17.9 Å². The lowest BCUT2D eigenvalue weighted by Crippen LogP contribution is -2.47. The van der Waals surface area contributed by atoms with Crippen LogP contribution in [0.15, 0.2) is 35.5 Å². The molecule has 4 atom stereocenters. The predicted octanol–water partition coefficient (Wildman–Crippen LogP) is 1.20. The third-order valence-electron chi connectivity index (χ3n) is 7.62. The van der Waals surface area contributed by atoms with E-state index in [9.17, 15) is 18.3 Å². The number of aromatic amines is 1. The van der Waals surface area contributed by atoms with Crippen molar-refractivity contribution in [3.8, 4) is 11.3 Å². The quantitative estimate of drug-likeness (QED) is 0.292. The Hall–Kier alpha value is -3.75. The van der Waals surface area contributed by atoms with Crippen molar-refractivity contribution in [1.29, 1.82) is 0 Å². The molecule has 0 radical (unpaired) electrons. The maximum absolute atomic E-state index is 12.9. The van der Waals surface area contributed by atoms with Gasteiger partial charge in [0, 0.05) is 48.1 Å². The average molecular weight is 552 g/mol. The summed E-state index contributed by atoms with van der Waals surface area (Å²) in [5.74, 6) is 0.415. The van der Waals surface area contributed by atoms with E-state index in [1.807, 2.05) is 11.0 Å². The second-order valence-electron chi connectivity index (χ2n) is 10.9.